The number of aryl methyl sites for hydroxylation is 1. The highest BCUT2D eigenvalue weighted by atomic mass is 16.5. The molecule has 3 heterocycles. The zero-order valence-electron chi connectivity index (χ0n) is 18.5. The van der Waals surface area contributed by atoms with Crippen LogP contribution in [0.25, 0.3) is 17.0 Å². The van der Waals surface area contributed by atoms with E-state index in [9.17, 15) is 4.79 Å². The largest absolute Gasteiger partial charge is 0.497 e. The Balaban J connectivity index is 1.56. The molecule has 2 aliphatic rings. The number of ketones is 1. The summed E-state index contributed by atoms with van der Waals surface area (Å²) in [6.07, 6.45) is 3.82. The Kier molecular flexibility index (Phi) is 4.55. The van der Waals surface area contributed by atoms with Gasteiger partial charge in [-0.2, -0.15) is 0 Å². The van der Waals surface area contributed by atoms with Gasteiger partial charge in [-0.1, -0.05) is 0 Å². The lowest BCUT2D eigenvalue weighted by atomic mass is 9.99. The first kappa shape index (κ1) is 19.7. The number of benzene rings is 2. The third kappa shape index (κ3) is 3.10. The lowest BCUT2D eigenvalue weighted by molar-refractivity contribution is 0.0678. The maximum atomic E-state index is 13.2. The average molecular weight is 418 g/mol. The van der Waals surface area contributed by atoms with Crippen molar-refractivity contribution in [2.45, 2.75) is 33.4 Å². The van der Waals surface area contributed by atoms with Crippen LogP contribution in [0.3, 0.4) is 0 Å². The van der Waals surface area contributed by atoms with Crippen LogP contribution in [-0.4, -0.2) is 35.1 Å². The Morgan fingerprint density at radius 1 is 1.19 bits per heavy atom. The molecule has 0 atom stereocenters. The molecular formula is C25H26N2O4. The van der Waals surface area contributed by atoms with Gasteiger partial charge in [0, 0.05) is 53.4 Å². The molecule has 0 unspecified atom stereocenters. The Labute approximate surface area is 181 Å². The van der Waals surface area contributed by atoms with Crippen molar-refractivity contribution in [3.8, 4) is 17.2 Å². The van der Waals surface area contributed by atoms with E-state index in [1.807, 2.05) is 55.1 Å². The smallest absolute Gasteiger partial charge is 0.231 e. The van der Waals surface area contributed by atoms with E-state index >= 15 is 0 Å². The molecule has 31 heavy (non-hydrogen) atoms. The topological polar surface area (TPSA) is 52.9 Å². The summed E-state index contributed by atoms with van der Waals surface area (Å²) in [5, 5.41) is 1.01. The lowest BCUT2D eigenvalue weighted by Gasteiger charge is -2.32. The molecule has 0 fully saturated rings. The van der Waals surface area contributed by atoms with Crippen LogP contribution in [0.2, 0.25) is 0 Å². The van der Waals surface area contributed by atoms with Crippen LogP contribution in [0.1, 0.15) is 40.9 Å². The SMILES string of the molecule is COc1ccc2c(c1)c(/C=C1\Oc3c(cc4c(c3C)OCN(C(C)C)C4)C1=O)cn2C. The van der Waals surface area contributed by atoms with Gasteiger partial charge in [-0.25, -0.2) is 0 Å². The van der Waals surface area contributed by atoms with Crippen molar-refractivity contribution in [1.82, 2.24) is 9.47 Å². The van der Waals surface area contributed by atoms with Gasteiger partial charge in [0.05, 0.1) is 12.7 Å². The molecule has 2 aromatic carbocycles. The van der Waals surface area contributed by atoms with E-state index in [4.69, 9.17) is 14.2 Å². The van der Waals surface area contributed by atoms with Crippen LogP contribution in [0.15, 0.2) is 36.2 Å². The second kappa shape index (κ2) is 7.17. The van der Waals surface area contributed by atoms with Crippen LogP contribution in [0.4, 0.5) is 0 Å². The van der Waals surface area contributed by atoms with Gasteiger partial charge in [0.2, 0.25) is 5.78 Å². The summed E-state index contributed by atoms with van der Waals surface area (Å²) in [5.41, 5.74) is 4.49. The summed E-state index contributed by atoms with van der Waals surface area (Å²) < 4.78 is 19.5. The molecule has 0 N–H and O–H groups in total. The van der Waals surface area contributed by atoms with Gasteiger partial charge < -0.3 is 18.8 Å². The molecule has 6 nitrogen and oxygen atoms in total. The van der Waals surface area contributed by atoms with E-state index in [1.165, 1.54) is 0 Å². The summed E-state index contributed by atoms with van der Waals surface area (Å²) in [6.45, 7) is 7.54. The molecule has 0 spiro atoms. The van der Waals surface area contributed by atoms with Crippen molar-refractivity contribution in [2.24, 2.45) is 7.05 Å². The van der Waals surface area contributed by atoms with E-state index in [2.05, 4.69) is 18.7 Å². The molecular weight excluding hydrogens is 392 g/mol. The van der Waals surface area contributed by atoms with Gasteiger partial charge >= 0.3 is 0 Å². The van der Waals surface area contributed by atoms with Crippen molar-refractivity contribution in [3.05, 3.63) is 58.5 Å². The van der Waals surface area contributed by atoms with Gasteiger partial charge in [0.1, 0.15) is 24.0 Å². The van der Waals surface area contributed by atoms with E-state index in [1.54, 1.807) is 7.11 Å². The zero-order valence-corrected chi connectivity index (χ0v) is 18.5. The molecule has 0 saturated heterocycles. The van der Waals surface area contributed by atoms with Crippen molar-refractivity contribution < 1.29 is 19.0 Å². The third-order valence-electron chi connectivity index (χ3n) is 6.21. The number of fused-ring (bicyclic) bond motifs is 3. The summed E-state index contributed by atoms with van der Waals surface area (Å²) in [5.74, 6) is 2.44. The molecule has 6 heteroatoms. The van der Waals surface area contributed by atoms with Gasteiger partial charge in [0.25, 0.3) is 0 Å². The second-order valence-electron chi connectivity index (χ2n) is 8.50. The first-order valence-electron chi connectivity index (χ1n) is 10.5. The number of rotatable bonds is 3. The van der Waals surface area contributed by atoms with E-state index in [0.29, 0.717) is 29.8 Å². The zero-order chi connectivity index (χ0) is 21.9. The Morgan fingerprint density at radius 3 is 2.74 bits per heavy atom. The summed E-state index contributed by atoms with van der Waals surface area (Å²) in [4.78, 5) is 15.5. The number of hydrogen-bond acceptors (Lipinski definition) is 5. The Bertz CT molecular complexity index is 1250. The highest BCUT2D eigenvalue weighted by Crippen LogP contribution is 2.43. The van der Waals surface area contributed by atoms with Gasteiger partial charge in [0.15, 0.2) is 5.76 Å². The minimum atomic E-state index is -0.0949. The first-order chi connectivity index (χ1) is 14.9. The van der Waals surface area contributed by atoms with Gasteiger partial charge in [-0.3, -0.25) is 9.69 Å². The molecule has 2 aliphatic heterocycles. The first-order valence-corrected chi connectivity index (χ1v) is 10.5. The highest BCUT2D eigenvalue weighted by molar-refractivity contribution is 6.15. The van der Waals surface area contributed by atoms with Gasteiger partial charge in [-0.15, -0.1) is 0 Å². The second-order valence-corrected chi connectivity index (χ2v) is 8.50. The van der Waals surface area contributed by atoms with Crippen molar-refractivity contribution in [2.75, 3.05) is 13.8 Å². The number of nitrogens with zero attached hydrogens (tertiary/aromatic N) is 2. The molecule has 0 radical (unpaired) electrons. The number of allylic oxidation sites excluding steroid dienone is 1. The average Bonchev–Trinajstić information content (AvgIpc) is 3.24. The Hall–Kier alpha value is -3.25. The van der Waals surface area contributed by atoms with E-state index < -0.39 is 0 Å². The maximum Gasteiger partial charge on any atom is 0.231 e. The van der Waals surface area contributed by atoms with Crippen molar-refractivity contribution in [1.29, 1.82) is 0 Å². The number of hydrogen-bond donors (Lipinski definition) is 0. The minimum Gasteiger partial charge on any atom is -0.497 e. The number of methoxy groups -OCH3 is 1. The van der Waals surface area contributed by atoms with Gasteiger partial charge in [-0.05, 0) is 51.1 Å². The van der Waals surface area contributed by atoms with Crippen LogP contribution in [0.5, 0.6) is 17.2 Å². The molecule has 160 valence electrons. The fraction of sp³-hybridized carbons (Fsp3) is 0.320. The number of aromatic nitrogens is 1. The number of carbonyl (C=O) groups excluding carboxylic acids is 1. The van der Waals surface area contributed by atoms with Crippen molar-refractivity contribution in [3.63, 3.8) is 0 Å². The third-order valence-corrected chi connectivity index (χ3v) is 6.21. The monoisotopic (exact) mass is 418 g/mol. The van der Waals surface area contributed by atoms with Crippen molar-refractivity contribution >= 4 is 22.8 Å². The summed E-state index contributed by atoms with van der Waals surface area (Å²) in [6, 6.07) is 8.22. The van der Waals surface area contributed by atoms with Crippen LogP contribution in [-0.2, 0) is 13.6 Å². The fourth-order valence-corrected chi connectivity index (χ4v) is 4.38. The van der Waals surface area contributed by atoms with E-state index in [0.717, 1.165) is 45.6 Å². The standard InChI is InChI=1S/C25H26N2O4/c1-14(2)27-12-17-8-20-23(28)22(31-25(20)15(3)24(17)30-13-27)9-16-11-26(4)21-7-6-18(29-5)10-19(16)21/h6-11,14H,12-13H2,1-5H3/b22-9-. The molecule has 5 rings (SSSR count). The minimum absolute atomic E-state index is 0.0949. The maximum absolute atomic E-state index is 13.2. The highest BCUT2D eigenvalue weighted by Gasteiger charge is 2.34. The molecule has 0 saturated carbocycles. The Morgan fingerprint density at radius 2 is 2.00 bits per heavy atom. The number of ether oxygens (including phenoxy) is 3. The lowest BCUT2D eigenvalue weighted by Crippen LogP contribution is -2.37. The predicted molar refractivity (Wildman–Crippen MR) is 120 cm³/mol. The molecule has 1 aromatic heterocycles. The van der Waals surface area contributed by atoms with E-state index in [-0.39, 0.29) is 5.78 Å². The van der Waals surface area contributed by atoms with Crippen LogP contribution in [0, 0.1) is 6.92 Å². The van der Waals surface area contributed by atoms with Crippen LogP contribution < -0.4 is 14.2 Å². The molecule has 0 aliphatic carbocycles. The molecule has 0 bridgehead atoms. The quantitative estimate of drug-likeness (QED) is 0.579. The summed E-state index contributed by atoms with van der Waals surface area (Å²) in [7, 11) is 3.63. The van der Waals surface area contributed by atoms with Crippen LogP contribution >= 0.6 is 0 Å². The molecule has 0 amide bonds. The fourth-order valence-electron chi connectivity index (χ4n) is 4.38. The number of Topliss-reactive ketones (excluding diaryl/α,β-unsaturated/α-hetero) is 1. The molecule has 3 aromatic rings. The number of carbonyl (C=O) groups is 1. The summed E-state index contributed by atoms with van der Waals surface area (Å²) >= 11 is 0. The predicted octanol–water partition coefficient (Wildman–Crippen LogP) is 4.67. The normalized spacial score (nSPS) is 17.1.